The maximum atomic E-state index is 5.56. The van der Waals surface area contributed by atoms with Gasteiger partial charge in [-0.05, 0) is 18.9 Å². The first kappa shape index (κ1) is 11.4. The second-order valence-electron chi connectivity index (χ2n) is 4.10. The maximum Gasteiger partial charge on any atom is 0.158 e. The zero-order chi connectivity index (χ0) is 11.2. The van der Waals surface area contributed by atoms with Gasteiger partial charge in [0.2, 0.25) is 0 Å². The fraction of sp³-hybridized carbons (Fsp3) is 0.429. The first-order valence-electron chi connectivity index (χ1n) is 5.83. The van der Waals surface area contributed by atoms with Gasteiger partial charge in [0.05, 0.1) is 12.7 Å². The highest BCUT2D eigenvalue weighted by atomic mass is 16.7. The van der Waals surface area contributed by atoms with E-state index in [0.717, 1.165) is 19.4 Å². The maximum absolute atomic E-state index is 5.56. The third-order valence-electron chi connectivity index (χ3n) is 2.58. The van der Waals surface area contributed by atoms with Crippen molar-refractivity contribution < 1.29 is 9.47 Å². The van der Waals surface area contributed by atoms with Crippen LogP contribution in [0.15, 0.2) is 36.4 Å². The summed E-state index contributed by atoms with van der Waals surface area (Å²) in [5.41, 5.74) is 1.24. The van der Waals surface area contributed by atoms with Crippen molar-refractivity contribution in [2.75, 3.05) is 6.61 Å². The van der Waals surface area contributed by atoms with Crippen LogP contribution in [0.4, 0.5) is 0 Å². The van der Waals surface area contributed by atoms with E-state index < -0.39 is 0 Å². The van der Waals surface area contributed by atoms with Gasteiger partial charge in [-0.2, -0.15) is 0 Å². The molecule has 0 spiro atoms. The number of rotatable bonds is 4. The summed E-state index contributed by atoms with van der Waals surface area (Å²) in [5, 5.41) is 0. The zero-order valence-corrected chi connectivity index (χ0v) is 9.63. The van der Waals surface area contributed by atoms with Crippen molar-refractivity contribution in [1.29, 1.82) is 0 Å². The molecule has 2 nitrogen and oxygen atoms in total. The van der Waals surface area contributed by atoms with Crippen molar-refractivity contribution in [3.8, 4) is 0 Å². The minimum absolute atomic E-state index is 0.00424. The van der Waals surface area contributed by atoms with Crippen LogP contribution in [0.3, 0.4) is 0 Å². The lowest BCUT2D eigenvalue weighted by Gasteiger charge is -2.07. The lowest BCUT2D eigenvalue weighted by Crippen LogP contribution is -2.08. The molecule has 1 aromatic rings. The standard InChI is InChI=1S/C14H18O2/c1-12-11-15-14(16-12)10-6-5-9-13-7-3-2-4-8-13/h2-5,7-9,12,14H,6,10-11H2,1H3. The largest absolute Gasteiger partial charge is 0.350 e. The summed E-state index contributed by atoms with van der Waals surface area (Å²) in [6, 6.07) is 10.3. The van der Waals surface area contributed by atoms with Crippen LogP contribution in [0.2, 0.25) is 0 Å². The van der Waals surface area contributed by atoms with Gasteiger partial charge in [0.25, 0.3) is 0 Å². The van der Waals surface area contributed by atoms with Crippen LogP contribution < -0.4 is 0 Å². The molecule has 1 heterocycles. The Morgan fingerprint density at radius 3 is 2.81 bits per heavy atom. The van der Waals surface area contributed by atoms with E-state index in [1.54, 1.807) is 0 Å². The monoisotopic (exact) mass is 218 g/mol. The van der Waals surface area contributed by atoms with Gasteiger partial charge >= 0.3 is 0 Å². The number of hydrogen-bond acceptors (Lipinski definition) is 2. The van der Waals surface area contributed by atoms with Crippen molar-refractivity contribution in [2.45, 2.75) is 32.2 Å². The molecule has 0 saturated carbocycles. The van der Waals surface area contributed by atoms with E-state index in [9.17, 15) is 0 Å². The molecule has 1 saturated heterocycles. The summed E-state index contributed by atoms with van der Waals surface area (Å²) in [6.07, 6.45) is 6.49. The summed E-state index contributed by atoms with van der Waals surface area (Å²) in [4.78, 5) is 0. The SMILES string of the molecule is CC1COC(CCC=Cc2ccccc2)O1. The third kappa shape index (κ3) is 3.47. The second-order valence-corrected chi connectivity index (χ2v) is 4.10. The van der Waals surface area contributed by atoms with Gasteiger partial charge in [-0.15, -0.1) is 0 Å². The molecule has 86 valence electrons. The van der Waals surface area contributed by atoms with Crippen LogP contribution in [0.1, 0.15) is 25.3 Å². The summed E-state index contributed by atoms with van der Waals surface area (Å²) >= 11 is 0. The van der Waals surface area contributed by atoms with Crippen molar-refractivity contribution >= 4 is 6.08 Å². The lowest BCUT2D eigenvalue weighted by molar-refractivity contribution is -0.0582. The van der Waals surface area contributed by atoms with Gasteiger partial charge in [-0.25, -0.2) is 0 Å². The normalized spacial score (nSPS) is 25.3. The quantitative estimate of drug-likeness (QED) is 0.772. The number of benzene rings is 1. The molecule has 0 radical (unpaired) electrons. The molecule has 0 amide bonds. The van der Waals surface area contributed by atoms with E-state index in [0.29, 0.717) is 0 Å². The zero-order valence-electron chi connectivity index (χ0n) is 9.63. The molecule has 1 fully saturated rings. The van der Waals surface area contributed by atoms with Gasteiger partial charge in [0.1, 0.15) is 0 Å². The average molecular weight is 218 g/mol. The Morgan fingerprint density at radius 2 is 2.12 bits per heavy atom. The molecule has 1 aliphatic rings. The Labute approximate surface area is 96.9 Å². The molecular weight excluding hydrogens is 200 g/mol. The van der Waals surface area contributed by atoms with Gasteiger partial charge in [-0.1, -0.05) is 42.5 Å². The topological polar surface area (TPSA) is 18.5 Å². The van der Waals surface area contributed by atoms with Gasteiger partial charge in [-0.3, -0.25) is 0 Å². The van der Waals surface area contributed by atoms with E-state index >= 15 is 0 Å². The van der Waals surface area contributed by atoms with Crippen LogP contribution >= 0.6 is 0 Å². The highest BCUT2D eigenvalue weighted by Crippen LogP contribution is 2.16. The third-order valence-corrected chi connectivity index (χ3v) is 2.58. The van der Waals surface area contributed by atoms with E-state index in [4.69, 9.17) is 9.47 Å². The fourth-order valence-corrected chi connectivity index (χ4v) is 1.75. The number of hydrogen-bond donors (Lipinski definition) is 0. The molecule has 0 bridgehead atoms. The minimum atomic E-state index is -0.00424. The summed E-state index contributed by atoms with van der Waals surface area (Å²) < 4.78 is 11.0. The Balaban J connectivity index is 1.70. The molecule has 16 heavy (non-hydrogen) atoms. The van der Waals surface area contributed by atoms with Crippen molar-refractivity contribution in [3.63, 3.8) is 0 Å². The molecule has 2 heteroatoms. The van der Waals surface area contributed by atoms with Crippen molar-refractivity contribution in [2.24, 2.45) is 0 Å². The Kier molecular flexibility index (Phi) is 4.14. The lowest BCUT2D eigenvalue weighted by atomic mass is 10.2. The molecule has 0 aromatic heterocycles. The van der Waals surface area contributed by atoms with Crippen molar-refractivity contribution in [1.82, 2.24) is 0 Å². The van der Waals surface area contributed by atoms with Crippen LogP contribution in [0.25, 0.3) is 6.08 Å². The minimum Gasteiger partial charge on any atom is -0.350 e. The van der Waals surface area contributed by atoms with Crippen molar-refractivity contribution in [3.05, 3.63) is 42.0 Å². The first-order chi connectivity index (χ1) is 7.84. The fourth-order valence-electron chi connectivity index (χ4n) is 1.75. The van der Waals surface area contributed by atoms with Gasteiger partial charge in [0.15, 0.2) is 6.29 Å². The summed E-state index contributed by atoms with van der Waals surface area (Å²) in [5.74, 6) is 0. The van der Waals surface area contributed by atoms with E-state index in [1.165, 1.54) is 5.56 Å². The molecule has 2 atom stereocenters. The molecule has 1 aliphatic heterocycles. The predicted octanol–water partition coefficient (Wildman–Crippen LogP) is 3.24. The summed E-state index contributed by atoms with van der Waals surface area (Å²) in [7, 11) is 0. The molecule has 0 aliphatic carbocycles. The second kappa shape index (κ2) is 5.83. The smallest absolute Gasteiger partial charge is 0.158 e. The van der Waals surface area contributed by atoms with E-state index in [-0.39, 0.29) is 12.4 Å². The van der Waals surface area contributed by atoms with Gasteiger partial charge < -0.3 is 9.47 Å². The first-order valence-corrected chi connectivity index (χ1v) is 5.83. The molecule has 1 aromatic carbocycles. The number of allylic oxidation sites excluding steroid dienone is 1. The Hall–Kier alpha value is -1.12. The van der Waals surface area contributed by atoms with Crippen LogP contribution in [-0.2, 0) is 9.47 Å². The highest BCUT2D eigenvalue weighted by molar-refractivity contribution is 5.48. The molecule has 2 unspecified atom stereocenters. The van der Waals surface area contributed by atoms with E-state index in [2.05, 4.69) is 24.3 Å². The van der Waals surface area contributed by atoms with Crippen LogP contribution in [-0.4, -0.2) is 19.0 Å². The van der Waals surface area contributed by atoms with Gasteiger partial charge in [0, 0.05) is 6.42 Å². The Bertz CT molecular complexity index is 332. The Morgan fingerprint density at radius 1 is 1.31 bits per heavy atom. The highest BCUT2D eigenvalue weighted by Gasteiger charge is 2.20. The molecule has 0 N–H and O–H groups in total. The van der Waals surface area contributed by atoms with Crippen LogP contribution in [0, 0.1) is 0 Å². The van der Waals surface area contributed by atoms with E-state index in [1.807, 2.05) is 25.1 Å². The summed E-state index contributed by atoms with van der Waals surface area (Å²) in [6.45, 7) is 2.77. The molecular formula is C14H18O2. The average Bonchev–Trinajstić information content (AvgIpc) is 2.72. The van der Waals surface area contributed by atoms with Crippen LogP contribution in [0.5, 0.6) is 0 Å². The predicted molar refractivity (Wildman–Crippen MR) is 65.0 cm³/mol. The number of ether oxygens (including phenoxy) is 2. The molecule has 2 rings (SSSR count).